The molecule has 0 saturated heterocycles. The van der Waals surface area contributed by atoms with E-state index in [4.69, 9.17) is 16.6 Å². The molecule has 7 N–H and O–H groups in total. The fourth-order valence-electron chi connectivity index (χ4n) is 0.168. The van der Waals surface area contributed by atoms with Gasteiger partial charge in [-0.1, -0.05) is 0 Å². The number of hydrogen-bond donors (Lipinski definition) is 4. The molecule has 0 fully saturated rings. The van der Waals surface area contributed by atoms with E-state index in [0.29, 0.717) is 0 Å². The van der Waals surface area contributed by atoms with E-state index >= 15 is 0 Å². The molecule has 0 aliphatic carbocycles. The molecule has 1 amide bonds. The smallest absolute Gasteiger partial charge is 0.238 e. The van der Waals surface area contributed by atoms with Gasteiger partial charge in [0, 0.05) is 0 Å². The molecule has 8 heavy (non-hydrogen) atoms. The second kappa shape index (κ2) is 2.61. The Labute approximate surface area is 46.4 Å². The highest BCUT2D eigenvalue weighted by molar-refractivity contribution is 5.80. The zero-order valence-corrected chi connectivity index (χ0v) is 4.24. The van der Waals surface area contributed by atoms with Gasteiger partial charge in [0.1, 0.15) is 12.3 Å². The number of amides is 1. The first-order valence-corrected chi connectivity index (χ1v) is 2.04. The number of rotatable bonds is 2. The zero-order chi connectivity index (χ0) is 6.73. The molecule has 0 spiro atoms. The lowest BCUT2D eigenvalue weighted by Gasteiger charge is -2.08. The van der Waals surface area contributed by atoms with Crippen LogP contribution in [0.4, 0.5) is 0 Å². The Bertz CT molecular complexity index is 92.5. The third-order valence-electron chi connectivity index (χ3n) is 0.696. The Morgan fingerprint density at radius 1 is 1.50 bits per heavy atom. The van der Waals surface area contributed by atoms with Crippen molar-refractivity contribution < 1.29 is 9.90 Å². The minimum atomic E-state index is -1.35. The molecule has 2 unspecified atom stereocenters. The van der Waals surface area contributed by atoms with E-state index in [9.17, 15) is 4.79 Å². The molecular formula is C3H9N3O2. The average Bonchev–Trinajstić information content (AvgIpc) is 1.64. The third-order valence-corrected chi connectivity index (χ3v) is 0.696. The maximum atomic E-state index is 10.00. The first-order valence-electron chi connectivity index (χ1n) is 2.04. The summed E-state index contributed by atoms with van der Waals surface area (Å²) in [5.74, 6) is -0.806. The maximum absolute atomic E-state index is 10.00. The van der Waals surface area contributed by atoms with E-state index in [1.54, 1.807) is 0 Å². The van der Waals surface area contributed by atoms with Crippen molar-refractivity contribution in [2.75, 3.05) is 0 Å². The SMILES string of the molecule is NC(=O)C(N)C(N)O. The van der Waals surface area contributed by atoms with Crippen molar-refractivity contribution in [3.05, 3.63) is 0 Å². The molecule has 0 rings (SSSR count). The van der Waals surface area contributed by atoms with Crippen LogP contribution in [0.3, 0.4) is 0 Å². The summed E-state index contributed by atoms with van der Waals surface area (Å²) in [7, 11) is 0. The van der Waals surface area contributed by atoms with Crippen molar-refractivity contribution in [1.82, 2.24) is 0 Å². The number of primary amides is 1. The fraction of sp³-hybridized carbons (Fsp3) is 0.667. The van der Waals surface area contributed by atoms with Gasteiger partial charge in [0.2, 0.25) is 5.91 Å². The molecular weight excluding hydrogens is 110 g/mol. The van der Waals surface area contributed by atoms with Crippen LogP contribution in [0.2, 0.25) is 0 Å². The van der Waals surface area contributed by atoms with Crippen LogP contribution in [0.25, 0.3) is 0 Å². The molecule has 0 saturated carbocycles. The average molecular weight is 119 g/mol. The van der Waals surface area contributed by atoms with Gasteiger partial charge in [-0.25, -0.2) is 0 Å². The third kappa shape index (κ3) is 1.87. The van der Waals surface area contributed by atoms with Gasteiger partial charge in [0.25, 0.3) is 0 Å². The highest BCUT2D eigenvalue weighted by Gasteiger charge is 2.14. The molecule has 48 valence electrons. The summed E-state index contributed by atoms with van der Waals surface area (Å²) in [5, 5.41) is 8.34. The van der Waals surface area contributed by atoms with Crippen LogP contribution in [-0.2, 0) is 4.79 Å². The summed E-state index contributed by atoms with van der Waals surface area (Å²) in [6, 6.07) is -1.16. The summed E-state index contributed by atoms with van der Waals surface area (Å²) in [6.07, 6.45) is -1.35. The van der Waals surface area contributed by atoms with Crippen LogP contribution in [0, 0.1) is 0 Å². The predicted molar refractivity (Wildman–Crippen MR) is 27.4 cm³/mol. The Balaban J connectivity index is 3.64. The van der Waals surface area contributed by atoms with Crippen LogP contribution in [0.1, 0.15) is 0 Å². The first-order chi connectivity index (χ1) is 3.55. The number of hydrogen-bond acceptors (Lipinski definition) is 4. The van der Waals surface area contributed by atoms with Gasteiger partial charge in [-0.05, 0) is 0 Å². The standard InChI is InChI=1S/C3H9N3O2/c4-1(2(5)7)3(6)8/h1-2,7H,4-5H2,(H2,6,8). The Morgan fingerprint density at radius 3 is 1.88 bits per heavy atom. The van der Waals surface area contributed by atoms with Crippen molar-refractivity contribution >= 4 is 5.91 Å². The fourth-order valence-corrected chi connectivity index (χ4v) is 0.168. The van der Waals surface area contributed by atoms with Gasteiger partial charge < -0.3 is 22.3 Å². The molecule has 0 bridgehead atoms. The van der Waals surface area contributed by atoms with Crippen LogP contribution in [0.5, 0.6) is 0 Å². The summed E-state index contributed by atoms with van der Waals surface area (Å²) in [4.78, 5) is 10.00. The van der Waals surface area contributed by atoms with Gasteiger partial charge in [0.05, 0.1) is 0 Å². The first kappa shape index (κ1) is 7.35. The van der Waals surface area contributed by atoms with Crippen LogP contribution < -0.4 is 17.2 Å². The van der Waals surface area contributed by atoms with E-state index in [2.05, 4.69) is 5.73 Å². The van der Waals surface area contributed by atoms with Gasteiger partial charge in [0.15, 0.2) is 0 Å². The Hall–Kier alpha value is -0.650. The molecule has 0 aromatic rings. The van der Waals surface area contributed by atoms with Gasteiger partial charge in [-0.15, -0.1) is 0 Å². The molecule has 0 aliphatic rings. The molecule has 0 aromatic carbocycles. The van der Waals surface area contributed by atoms with Crippen molar-refractivity contribution in [1.29, 1.82) is 0 Å². The van der Waals surface area contributed by atoms with Crippen LogP contribution in [0.15, 0.2) is 0 Å². The van der Waals surface area contributed by atoms with Crippen molar-refractivity contribution in [3.8, 4) is 0 Å². The minimum absolute atomic E-state index is 0.806. The van der Waals surface area contributed by atoms with E-state index in [1.165, 1.54) is 0 Å². The number of aliphatic hydroxyl groups is 1. The van der Waals surface area contributed by atoms with Gasteiger partial charge in [-0.2, -0.15) is 0 Å². The molecule has 0 aromatic heterocycles. The van der Waals surface area contributed by atoms with Crippen LogP contribution in [-0.4, -0.2) is 23.3 Å². The van der Waals surface area contributed by atoms with E-state index in [0.717, 1.165) is 0 Å². The Morgan fingerprint density at radius 2 is 1.88 bits per heavy atom. The highest BCUT2D eigenvalue weighted by Crippen LogP contribution is 1.76. The molecule has 2 atom stereocenters. The van der Waals surface area contributed by atoms with Crippen molar-refractivity contribution in [2.24, 2.45) is 17.2 Å². The normalized spacial score (nSPS) is 17.4. The lowest BCUT2D eigenvalue weighted by Crippen LogP contribution is -2.50. The monoisotopic (exact) mass is 119 g/mol. The van der Waals surface area contributed by atoms with Gasteiger partial charge >= 0.3 is 0 Å². The summed E-state index contributed by atoms with van der Waals surface area (Å²) in [6.45, 7) is 0. The highest BCUT2D eigenvalue weighted by atomic mass is 16.3. The topological polar surface area (TPSA) is 115 Å². The molecule has 5 heteroatoms. The quantitative estimate of drug-likeness (QED) is 0.291. The van der Waals surface area contributed by atoms with E-state index in [1.807, 2.05) is 0 Å². The lowest BCUT2D eigenvalue weighted by molar-refractivity contribution is -0.121. The maximum Gasteiger partial charge on any atom is 0.238 e. The Kier molecular flexibility index (Phi) is 2.40. The molecule has 0 heterocycles. The van der Waals surface area contributed by atoms with E-state index < -0.39 is 18.2 Å². The van der Waals surface area contributed by atoms with Gasteiger partial charge in [-0.3, -0.25) is 4.79 Å². The zero-order valence-electron chi connectivity index (χ0n) is 4.24. The van der Waals surface area contributed by atoms with Crippen molar-refractivity contribution in [2.45, 2.75) is 12.3 Å². The van der Waals surface area contributed by atoms with Crippen LogP contribution >= 0.6 is 0 Å². The number of carbonyl (C=O) groups is 1. The second-order valence-electron chi connectivity index (χ2n) is 1.42. The minimum Gasteiger partial charge on any atom is -0.377 e. The number of carbonyl (C=O) groups excluding carboxylic acids is 1. The molecule has 0 radical (unpaired) electrons. The number of aliphatic hydroxyl groups excluding tert-OH is 1. The summed E-state index contributed by atoms with van der Waals surface area (Å²) < 4.78 is 0. The lowest BCUT2D eigenvalue weighted by atomic mass is 10.3. The summed E-state index contributed by atoms with van der Waals surface area (Å²) >= 11 is 0. The largest absolute Gasteiger partial charge is 0.377 e. The van der Waals surface area contributed by atoms with E-state index in [-0.39, 0.29) is 0 Å². The molecule has 0 aliphatic heterocycles. The second-order valence-corrected chi connectivity index (χ2v) is 1.42. The summed E-state index contributed by atoms with van der Waals surface area (Å²) in [5.41, 5.74) is 14.3. The predicted octanol–water partition coefficient (Wildman–Crippen LogP) is -2.92. The number of nitrogens with two attached hydrogens (primary N) is 3. The molecule has 5 nitrogen and oxygen atoms in total. The van der Waals surface area contributed by atoms with Crippen molar-refractivity contribution in [3.63, 3.8) is 0 Å².